The molecule has 0 radical (unpaired) electrons. The highest BCUT2D eigenvalue weighted by molar-refractivity contribution is 7.98. The Balaban J connectivity index is 1.16. The van der Waals surface area contributed by atoms with Crippen molar-refractivity contribution < 1.29 is 57.8 Å². The van der Waals surface area contributed by atoms with Crippen molar-refractivity contribution in [1.29, 1.82) is 0 Å². The molecule has 2 aliphatic heterocycles. The first-order valence-electron chi connectivity index (χ1n) is 34.5. The van der Waals surface area contributed by atoms with E-state index in [0.717, 1.165) is 33.0 Å². The fourth-order valence-corrected chi connectivity index (χ4v) is 14.1. The molecule has 7 rings (SSSR count). The Bertz CT molecular complexity index is 3660. The maximum absolute atomic E-state index is 15.0. The van der Waals surface area contributed by atoms with Crippen molar-refractivity contribution >= 4 is 98.9 Å². The minimum Gasteiger partial charge on any atom is -0.391 e. The van der Waals surface area contributed by atoms with Crippen LogP contribution in [0.2, 0.25) is 0 Å². The zero-order valence-corrected chi connectivity index (χ0v) is 60.4. The SMILES string of the molecule is CC(C)[C@@H]1NC(=O)CCSCc2cccc(c2)CSCCNC(=O)[C@H](C)NC(=O)[C@](C)(C(C)C)CC(=O)[C@H](Cc2ccccc2)NC(=O)[C@H](C)CC(=O)C(C)(C)NC(=O)[C@H](Cc2cccc3ccccc23)NC(=O)[C@H]([C@@H](C)O)NC(=O)[C@@H]2CCCN2C(=O)[C@H](Cc2ccccc2)CC1=O. The molecule has 0 spiro atoms. The van der Waals surface area contributed by atoms with Crippen molar-refractivity contribution in [3.8, 4) is 0 Å². The number of rotatable bonds is 9. The number of aliphatic hydroxyl groups excluding tert-OH is 1. The Morgan fingerprint density at radius 1 is 0.586 bits per heavy atom. The van der Waals surface area contributed by atoms with E-state index in [-0.39, 0.29) is 69.1 Å². The molecule has 0 aliphatic carbocycles. The molecule has 20 nitrogen and oxygen atoms in total. The van der Waals surface area contributed by atoms with Crippen LogP contribution in [0.5, 0.6) is 0 Å². The van der Waals surface area contributed by atoms with Crippen molar-refractivity contribution in [3.63, 3.8) is 0 Å². The average molecular weight is 1390 g/mol. The van der Waals surface area contributed by atoms with Crippen molar-refractivity contribution in [2.45, 2.75) is 186 Å². The molecule has 22 heteroatoms. The van der Waals surface area contributed by atoms with E-state index >= 15 is 0 Å². The monoisotopic (exact) mass is 1390 g/mol. The number of fused-ring (bicyclic) bond motifs is 4. The molecule has 0 aromatic heterocycles. The van der Waals surface area contributed by atoms with Crippen molar-refractivity contribution in [1.82, 2.24) is 42.1 Å². The third-order valence-corrected chi connectivity index (χ3v) is 21.0. The molecule has 5 aromatic rings. The summed E-state index contributed by atoms with van der Waals surface area (Å²) in [4.78, 5) is 160. The van der Waals surface area contributed by atoms with Gasteiger partial charge in [0.25, 0.3) is 0 Å². The van der Waals surface area contributed by atoms with Gasteiger partial charge in [0.15, 0.2) is 17.3 Å². The molecule has 532 valence electrons. The number of hydrogen-bond donors (Lipinski definition) is 8. The second kappa shape index (κ2) is 36.7. The second-order valence-electron chi connectivity index (χ2n) is 27.9. The van der Waals surface area contributed by atoms with E-state index in [1.807, 2.05) is 125 Å². The first kappa shape index (κ1) is 78.1. The number of amides is 8. The van der Waals surface area contributed by atoms with E-state index in [9.17, 15) is 57.8 Å². The van der Waals surface area contributed by atoms with Crippen LogP contribution in [-0.2, 0) is 83.5 Å². The van der Waals surface area contributed by atoms with Gasteiger partial charge in [-0.25, -0.2) is 0 Å². The number of hydrogen-bond acceptors (Lipinski definition) is 14. The van der Waals surface area contributed by atoms with Crippen LogP contribution in [0, 0.1) is 29.1 Å². The Hall–Kier alpha value is -8.21. The van der Waals surface area contributed by atoms with Gasteiger partial charge in [-0.1, -0.05) is 169 Å². The van der Waals surface area contributed by atoms with Gasteiger partial charge in [-0.3, -0.25) is 52.7 Å². The minimum atomic E-state index is -1.67. The fraction of sp³-hybridized carbons (Fsp3) is 0.494. The molecular weight excluding hydrogens is 1290 g/mol. The van der Waals surface area contributed by atoms with E-state index in [0.29, 0.717) is 41.5 Å². The number of benzene rings is 5. The lowest BCUT2D eigenvalue weighted by molar-refractivity contribution is -0.144. The van der Waals surface area contributed by atoms with Gasteiger partial charge in [0.05, 0.1) is 29.1 Å². The van der Waals surface area contributed by atoms with E-state index in [1.54, 1.807) is 61.6 Å². The first-order valence-corrected chi connectivity index (χ1v) is 36.8. The van der Waals surface area contributed by atoms with Gasteiger partial charge in [-0.15, -0.1) is 0 Å². The lowest BCUT2D eigenvalue weighted by Crippen LogP contribution is -2.62. The summed E-state index contributed by atoms with van der Waals surface area (Å²) < 4.78 is 0. The molecule has 2 bridgehead atoms. The molecule has 99 heavy (non-hydrogen) atoms. The Morgan fingerprint density at radius 2 is 1.19 bits per heavy atom. The summed E-state index contributed by atoms with van der Waals surface area (Å²) in [6.07, 6.45) is -1.65. The van der Waals surface area contributed by atoms with Crippen molar-refractivity contribution in [3.05, 3.63) is 155 Å². The highest BCUT2D eigenvalue weighted by Gasteiger charge is 2.44. The maximum Gasteiger partial charge on any atom is 0.245 e. The van der Waals surface area contributed by atoms with Gasteiger partial charge in [0.2, 0.25) is 47.3 Å². The van der Waals surface area contributed by atoms with E-state index in [1.165, 1.54) is 32.6 Å². The molecule has 2 aliphatic rings. The normalized spacial score (nSPS) is 25.5. The summed E-state index contributed by atoms with van der Waals surface area (Å²) in [5.41, 5.74) is 1.28. The number of carbonyl (C=O) groups is 11. The summed E-state index contributed by atoms with van der Waals surface area (Å²) in [6, 6.07) is 32.1. The molecular formula is C77H100N8O12S2. The van der Waals surface area contributed by atoms with Crippen LogP contribution in [-0.4, -0.2) is 147 Å². The molecule has 10 atom stereocenters. The number of aliphatic hydroxyl groups is 1. The van der Waals surface area contributed by atoms with Crippen LogP contribution >= 0.6 is 23.5 Å². The number of nitrogens with zero attached hydrogens (tertiary/aromatic N) is 1. The Labute approximate surface area is 591 Å². The van der Waals surface area contributed by atoms with E-state index < -0.39 is 130 Å². The molecule has 1 saturated heterocycles. The third kappa shape index (κ3) is 22.4. The molecule has 8 N–H and O–H groups in total. The molecule has 0 unspecified atom stereocenters. The molecule has 1 fully saturated rings. The quantitative estimate of drug-likeness (QED) is 0.0701. The highest BCUT2D eigenvalue weighted by atomic mass is 32.2. The topological polar surface area (TPSA) is 295 Å². The fourth-order valence-electron chi connectivity index (χ4n) is 12.4. The van der Waals surface area contributed by atoms with Gasteiger partial charge >= 0.3 is 0 Å². The largest absolute Gasteiger partial charge is 0.391 e. The number of Topliss-reactive ketones (excluding diaryl/α,β-unsaturated/α-hetero) is 3. The van der Waals surface area contributed by atoms with Gasteiger partial charge in [-0.2, -0.15) is 23.5 Å². The number of thioether (sulfide) groups is 2. The number of nitrogens with one attached hydrogen (secondary N) is 7. The van der Waals surface area contributed by atoms with Gasteiger partial charge in [0.1, 0.15) is 24.2 Å². The second-order valence-corrected chi connectivity index (χ2v) is 30.1. The summed E-state index contributed by atoms with van der Waals surface area (Å²) in [5.74, 6) is -6.56. The lowest BCUT2D eigenvalue weighted by Gasteiger charge is -2.34. The molecule has 2 heterocycles. The van der Waals surface area contributed by atoms with Gasteiger partial charge in [-0.05, 0) is 104 Å². The van der Waals surface area contributed by atoms with Crippen LogP contribution in [0.25, 0.3) is 10.8 Å². The lowest BCUT2D eigenvalue weighted by atomic mass is 9.73. The van der Waals surface area contributed by atoms with Crippen LogP contribution in [0.4, 0.5) is 0 Å². The molecule has 0 saturated carbocycles. The third-order valence-electron chi connectivity index (χ3n) is 19.0. The first-order chi connectivity index (χ1) is 47.0. The standard InChI is InChI=1S/C77H100N8O12S2/c1-47(2)67-63(87)43-58(40-52-22-13-11-14-23-52)74(96)85-35-21-32-62(85)72(94)83-68(51(7)86)73(95)81-61(42-57-30-20-29-56-28-17-18-31-59(56)57)71(93)84-76(8,9)65(89)38-49(5)69(91)80-60(41-53-24-15-12-16-25-53)64(88)44-77(10,48(3)4)75(97)79-50(6)70(92)78-34-37-99-46-55-27-19-26-54(39-55)45-98-36-33-66(90)82-67/h11-20,22-31,39,47-51,58,60-62,67-68,86H,21,32-38,40-46H2,1-10H3,(H,78,92)(H,79,97)(H,80,91)(H,81,95)(H,82,90)(H,83,94)(H,84,93)/t49-,50+,51-,58-,60+,61+,62+,67+,68+,77+/m1/s1. The van der Waals surface area contributed by atoms with Gasteiger partial charge < -0.3 is 47.2 Å². The zero-order chi connectivity index (χ0) is 72.1. The van der Waals surface area contributed by atoms with E-state index in [2.05, 4.69) is 43.3 Å². The number of ketones is 3. The summed E-state index contributed by atoms with van der Waals surface area (Å²) in [5, 5.41) is 32.8. The Kier molecular flexibility index (Phi) is 29.0. The Morgan fingerprint density at radius 3 is 1.84 bits per heavy atom. The van der Waals surface area contributed by atoms with Crippen molar-refractivity contribution in [2.24, 2.45) is 29.1 Å². The summed E-state index contributed by atoms with van der Waals surface area (Å²) in [6.45, 7) is 16.8. The highest BCUT2D eigenvalue weighted by Crippen LogP contribution is 2.34. The number of carbonyl (C=O) groups excluding carboxylic acids is 11. The maximum atomic E-state index is 15.0. The van der Waals surface area contributed by atoms with E-state index in [4.69, 9.17) is 0 Å². The van der Waals surface area contributed by atoms with Crippen molar-refractivity contribution in [2.75, 3.05) is 24.6 Å². The smallest absolute Gasteiger partial charge is 0.245 e. The summed E-state index contributed by atoms with van der Waals surface area (Å²) >= 11 is 3.21. The molecule has 8 amide bonds. The van der Waals surface area contributed by atoms with Crippen LogP contribution in [0.15, 0.2) is 127 Å². The zero-order valence-electron chi connectivity index (χ0n) is 58.8. The summed E-state index contributed by atoms with van der Waals surface area (Å²) in [7, 11) is 0. The predicted molar refractivity (Wildman–Crippen MR) is 388 cm³/mol. The van der Waals surface area contributed by atoms with Gasteiger partial charge in [0, 0.05) is 80.0 Å². The predicted octanol–water partition coefficient (Wildman–Crippen LogP) is 7.71. The molecule has 5 aromatic carbocycles. The average Bonchev–Trinajstić information content (AvgIpc) is 1.79. The van der Waals surface area contributed by atoms with Crippen LogP contribution < -0.4 is 37.2 Å². The van der Waals surface area contributed by atoms with Crippen LogP contribution in [0.1, 0.15) is 136 Å². The minimum absolute atomic E-state index is 0.0614. The van der Waals surface area contributed by atoms with Crippen LogP contribution in [0.3, 0.4) is 0 Å².